The molecule has 0 unspecified atom stereocenters. The van der Waals surface area contributed by atoms with Crippen LogP contribution in [-0.4, -0.2) is 42.7 Å². The third-order valence-corrected chi connectivity index (χ3v) is 5.86. The maximum Gasteiger partial charge on any atom is 0.303 e. The molecule has 1 saturated heterocycles. The number of hydrogen-bond donors (Lipinski definition) is 1. The molecule has 1 fully saturated rings. The van der Waals surface area contributed by atoms with Gasteiger partial charge in [-0.3, -0.25) is 9.59 Å². The Morgan fingerprint density at radius 2 is 1.52 bits per heavy atom. The summed E-state index contributed by atoms with van der Waals surface area (Å²) in [5.74, 6) is -1.33. The molecule has 0 aliphatic carbocycles. The lowest BCUT2D eigenvalue weighted by Gasteiger charge is -2.20. The minimum absolute atomic E-state index is 0.0897. The Morgan fingerprint density at radius 1 is 0.957 bits per heavy atom. The first-order valence-corrected chi connectivity index (χ1v) is 9.20. The van der Waals surface area contributed by atoms with Gasteiger partial charge in [-0.1, -0.05) is 25.0 Å². The molecular formula is C16H21NO5S. The number of rotatable bonds is 6. The number of hydrogen-bond acceptors (Lipinski definition) is 4. The molecule has 0 saturated carbocycles. The molecule has 0 atom stereocenters. The molecule has 1 aromatic rings. The summed E-state index contributed by atoms with van der Waals surface area (Å²) in [6, 6.07) is 5.76. The molecule has 1 N–H and O–H groups in total. The van der Waals surface area contributed by atoms with E-state index in [0.29, 0.717) is 18.7 Å². The first-order chi connectivity index (χ1) is 10.9. The van der Waals surface area contributed by atoms with Crippen LogP contribution in [0.4, 0.5) is 0 Å². The highest BCUT2D eigenvalue weighted by Crippen LogP contribution is 2.21. The Morgan fingerprint density at radius 3 is 2.04 bits per heavy atom. The lowest BCUT2D eigenvalue weighted by molar-refractivity contribution is -0.136. The smallest absolute Gasteiger partial charge is 0.303 e. The van der Waals surface area contributed by atoms with E-state index in [-0.39, 0.29) is 23.5 Å². The van der Waals surface area contributed by atoms with Crippen LogP contribution in [0.3, 0.4) is 0 Å². The molecule has 0 spiro atoms. The van der Waals surface area contributed by atoms with Gasteiger partial charge in [0.25, 0.3) is 0 Å². The van der Waals surface area contributed by atoms with Crippen LogP contribution in [0.25, 0.3) is 0 Å². The molecule has 126 valence electrons. The van der Waals surface area contributed by atoms with E-state index in [9.17, 15) is 18.0 Å². The van der Waals surface area contributed by atoms with E-state index in [1.54, 1.807) is 0 Å². The van der Waals surface area contributed by atoms with Crippen LogP contribution in [-0.2, 0) is 14.8 Å². The molecule has 6 nitrogen and oxygen atoms in total. The van der Waals surface area contributed by atoms with Gasteiger partial charge in [-0.25, -0.2) is 8.42 Å². The maximum absolute atomic E-state index is 12.6. The highest BCUT2D eigenvalue weighted by atomic mass is 32.2. The third kappa shape index (κ3) is 4.62. The Labute approximate surface area is 136 Å². The van der Waals surface area contributed by atoms with Gasteiger partial charge in [0.1, 0.15) is 0 Å². The average molecular weight is 339 g/mol. The van der Waals surface area contributed by atoms with Crippen molar-refractivity contribution in [3.63, 3.8) is 0 Å². The Balaban J connectivity index is 2.11. The van der Waals surface area contributed by atoms with Gasteiger partial charge in [0.05, 0.1) is 11.3 Å². The van der Waals surface area contributed by atoms with Crippen molar-refractivity contribution in [2.75, 3.05) is 13.1 Å². The molecule has 0 amide bonds. The molecule has 1 heterocycles. The second-order valence-electron chi connectivity index (χ2n) is 5.66. The largest absolute Gasteiger partial charge is 0.481 e. The monoisotopic (exact) mass is 339 g/mol. The fraction of sp³-hybridized carbons (Fsp3) is 0.500. The van der Waals surface area contributed by atoms with Crippen LogP contribution in [0.5, 0.6) is 0 Å². The summed E-state index contributed by atoms with van der Waals surface area (Å²) >= 11 is 0. The number of sulfonamides is 1. The van der Waals surface area contributed by atoms with Crippen molar-refractivity contribution >= 4 is 21.8 Å². The predicted octanol–water partition coefficient (Wildman–Crippen LogP) is 2.30. The summed E-state index contributed by atoms with van der Waals surface area (Å²) in [6.45, 7) is 1.06. The fourth-order valence-electron chi connectivity index (χ4n) is 2.61. The number of nitrogens with zero attached hydrogens (tertiary/aromatic N) is 1. The van der Waals surface area contributed by atoms with Crippen molar-refractivity contribution in [3.8, 4) is 0 Å². The molecule has 1 aliphatic rings. The summed E-state index contributed by atoms with van der Waals surface area (Å²) in [5, 5.41) is 8.59. The average Bonchev–Trinajstić information content (AvgIpc) is 2.82. The normalized spacial score (nSPS) is 16.7. The molecule has 0 radical (unpaired) electrons. The van der Waals surface area contributed by atoms with Crippen molar-refractivity contribution in [1.82, 2.24) is 4.31 Å². The summed E-state index contributed by atoms with van der Waals surface area (Å²) in [5.41, 5.74) is 0.334. The lowest BCUT2D eigenvalue weighted by atomic mass is 10.1. The number of carboxylic acids is 1. The molecule has 0 bridgehead atoms. The SMILES string of the molecule is O=C(O)CCC(=O)c1ccc(S(=O)(=O)N2CCCCCC2)cc1. The van der Waals surface area contributed by atoms with Crippen molar-refractivity contribution in [2.45, 2.75) is 43.4 Å². The third-order valence-electron chi connectivity index (χ3n) is 3.95. The number of ketones is 1. The summed E-state index contributed by atoms with van der Waals surface area (Å²) in [4.78, 5) is 22.5. The van der Waals surface area contributed by atoms with Gasteiger partial charge in [0.15, 0.2) is 5.78 Å². The van der Waals surface area contributed by atoms with Crippen LogP contribution < -0.4 is 0 Å². The molecule has 2 rings (SSSR count). The van der Waals surface area contributed by atoms with Crippen LogP contribution >= 0.6 is 0 Å². The second kappa shape index (κ2) is 7.70. The number of Topliss-reactive ketones (excluding diaryl/α,β-unsaturated/α-hetero) is 1. The van der Waals surface area contributed by atoms with Crippen LogP contribution in [0.2, 0.25) is 0 Å². The highest BCUT2D eigenvalue weighted by Gasteiger charge is 2.25. The first kappa shape index (κ1) is 17.6. The van der Waals surface area contributed by atoms with Crippen molar-refractivity contribution in [3.05, 3.63) is 29.8 Å². The van der Waals surface area contributed by atoms with Gasteiger partial charge < -0.3 is 5.11 Å². The Kier molecular flexibility index (Phi) is 5.90. The summed E-state index contributed by atoms with van der Waals surface area (Å²) < 4.78 is 26.7. The van der Waals surface area contributed by atoms with Gasteiger partial charge in [0, 0.05) is 25.1 Å². The number of carbonyl (C=O) groups is 2. The van der Waals surface area contributed by atoms with Gasteiger partial charge in [-0.05, 0) is 25.0 Å². The van der Waals surface area contributed by atoms with Gasteiger partial charge >= 0.3 is 5.97 Å². The number of carboxylic acid groups (broad SMARTS) is 1. The zero-order valence-corrected chi connectivity index (χ0v) is 13.7. The van der Waals surface area contributed by atoms with E-state index in [2.05, 4.69) is 0 Å². The first-order valence-electron chi connectivity index (χ1n) is 7.76. The molecule has 1 aliphatic heterocycles. The zero-order chi connectivity index (χ0) is 16.9. The summed E-state index contributed by atoms with van der Waals surface area (Å²) in [6.07, 6.45) is 3.50. The number of carbonyl (C=O) groups excluding carboxylic acids is 1. The standard InChI is InChI=1S/C16H21NO5S/c18-15(9-10-16(19)20)13-5-7-14(8-6-13)23(21,22)17-11-3-1-2-4-12-17/h5-8H,1-4,9-12H2,(H,19,20). The van der Waals surface area contributed by atoms with Crippen LogP contribution in [0.15, 0.2) is 29.2 Å². The topological polar surface area (TPSA) is 91.7 Å². The second-order valence-corrected chi connectivity index (χ2v) is 7.60. The molecular weight excluding hydrogens is 318 g/mol. The molecule has 7 heteroatoms. The predicted molar refractivity (Wildman–Crippen MR) is 84.9 cm³/mol. The minimum atomic E-state index is -3.53. The van der Waals surface area contributed by atoms with E-state index < -0.39 is 16.0 Å². The molecule has 23 heavy (non-hydrogen) atoms. The van der Waals surface area contributed by atoms with Crippen LogP contribution in [0, 0.1) is 0 Å². The van der Waals surface area contributed by atoms with Gasteiger partial charge in [0.2, 0.25) is 10.0 Å². The van der Waals surface area contributed by atoms with Gasteiger partial charge in [-0.2, -0.15) is 4.31 Å². The van der Waals surface area contributed by atoms with Crippen molar-refractivity contribution in [2.24, 2.45) is 0 Å². The van der Waals surface area contributed by atoms with Gasteiger partial charge in [-0.15, -0.1) is 0 Å². The molecule has 0 aromatic heterocycles. The summed E-state index contributed by atoms with van der Waals surface area (Å²) in [7, 11) is -3.53. The van der Waals surface area contributed by atoms with Crippen LogP contribution in [0.1, 0.15) is 48.9 Å². The fourth-order valence-corrected chi connectivity index (χ4v) is 4.13. The van der Waals surface area contributed by atoms with Crippen molar-refractivity contribution in [1.29, 1.82) is 0 Å². The number of benzene rings is 1. The number of aliphatic carboxylic acids is 1. The molecule has 1 aromatic carbocycles. The maximum atomic E-state index is 12.6. The zero-order valence-electron chi connectivity index (χ0n) is 12.9. The van der Waals surface area contributed by atoms with Crippen molar-refractivity contribution < 1.29 is 23.1 Å². The highest BCUT2D eigenvalue weighted by molar-refractivity contribution is 7.89. The lowest BCUT2D eigenvalue weighted by Crippen LogP contribution is -2.31. The van der Waals surface area contributed by atoms with E-state index in [4.69, 9.17) is 5.11 Å². The van der Waals surface area contributed by atoms with E-state index in [1.807, 2.05) is 0 Å². The Bertz CT molecular complexity index is 658. The minimum Gasteiger partial charge on any atom is -0.481 e. The Hall–Kier alpha value is -1.73. The van der Waals surface area contributed by atoms with E-state index in [1.165, 1.54) is 28.6 Å². The van der Waals surface area contributed by atoms with E-state index in [0.717, 1.165) is 25.7 Å². The van der Waals surface area contributed by atoms with E-state index >= 15 is 0 Å². The quantitative estimate of drug-likeness (QED) is 0.803.